The number of phenols is 3. The molecule has 1 aliphatic heterocycles. The Morgan fingerprint density at radius 1 is 1.24 bits per heavy atom. The third-order valence-corrected chi connectivity index (χ3v) is 5.73. The van der Waals surface area contributed by atoms with E-state index in [1.807, 2.05) is 19.9 Å². The van der Waals surface area contributed by atoms with Gasteiger partial charge in [-0.25, -0.2) is 0 Å². The molecular formula is C26H30O7. The second-order valence-electron chi connectivity index (χ2n) is 8.46. The zero-order chi connectivity index (χ0) is 24.3. The highest BCUT2D eigenvalue weighted by Gasteiger charge is 2.33. The largest absolute Gasteiger partial charge is 0.507 e. The van der Waals surface area contributed by atoms with Gasteiger partial charge in [-0.15, -0.1) is 0 Å². The number of hydrogen-bond donors (Lipinski definition) is 4. The van der Waals surface area contributed by atoms with Gasteiger partial charge in [0.15, 0.2) is 17.3 Å². The molecule has 0 radical (unpaired) electrons. The van der Waals surface area contributed by atoms with Crippen molar-refractivity contribution >= 4 is 5.78 Å². The van der Waals surface area contributed by atoms with Crippen LogP contribution in [0.5, 0.6) is 28.7 Å². The van der Waals surface area contributed by atoms with E-state index in [1.165, 1.54) is 24.8 Å². The van der Waals surface area contributed by atoms with Gasteiger partial charge in [-0.2, -0.15) is 0 Å². The molecule has 4 N–H and O–H groups in total. The van der Waals surface area contributed by atoms with Crippen LogP contribution in [0.3, 0.4) is 0 Å². The summed E-state index contributed by atoms with van der Waals surface area (Å²) in [6.07, 6.45) is 1.56. The first-order chi connectivity index (χ1) is 15.6. The number of aliphatic hydroxyl groups excluding tert-OH is 1. The summed E-state index contributed by atoms with van der Waals surface area (Å²) in [5.41, 5.74) is 2.41. The average molecular weight is 455 g/mol. The van der Waals surface area contributed by atoms with Crippen LogP contribution in [0.25, 0.3) is 0 Å². The van der Waals surface area contributed by atoms with Crippen molar-refractivity contribution in [1.29, 1.82) is 0 Å². The van der Waals surface area contributed by atoms with Crippen LogP contribution in [-0.4, -0.2) is 39.4 Å². The molecule has 7 nitrogen and oxygen atoms in total. The first kappa shape index (κ1) is 24.2. The molecule has 0 saturated carbocycles. The van der Waals surface area contributed by atoms with Gasteiger partial charge in [0, 0.05) is 18.1 Å². The second-order valence-corrected chi connectivity index (χ2v) is 8.46. The molecule has 2 atom stereocenters. The van der Waals surface area contributed by atoms with Gasteiger partial charge in [-0.05, 0) is 50.0 Å². The molecule has 1 heterocycles. The molecule has 33 heavy (non-hydrogen) atoms. The predicted molar refractivity (Wildman–Crippen MR) is 124 cm³/mol. The molecule has 0 amide bonds. The molecule has 0 saturated heterocycles. The summed E-state index contributed by atoms with van der Waals surface area (Å²) in [4.78, 5) is 12.9. The molecule has 0 fully saturated rings. The van der Waals surface area contributed by atoms with Crippen molar-refractivity contribution in [2.45, 2.75) is 51.7 Å². The first-order valence-electron chi connectivity index (χ1n) is 10.8. The number of rotatable bonds is 8. The molecule has 176 valence electrons. The molecule has 1 aliphatic rings. The molecule has 3 rings (SSSR count). The quantitative estimate of drug-likeness (QED) is 0.426. The highest BCUT2D eigenvalue weighted by molar-refractivity contribution is 6.03. The van der Waals surface area contributed by atoms with Gasteiger partial charge in [-0.3, -0.25) is 4.79 Å². The lowest BCUT2D eigenvalue weighted by atomic mass is 9.91. The van der Waals surface area contributed by atoms with E-state index in [0.29, 0.717) is 17.6 Å². The molecular weight excluding hydrogens is 424 g/mol. The van der Waals surface area contributed by atoms with Gasteiger partial charge < -0.3 is 29.9 Å². The summed E-state index contributed by atoms with van der Waals surface area (Å²) in [6.45, 7) is 7.89. The third kappa shape index (κ3) is 5.31. The maximum atomic E-state index is 12.9. The molecule has 2 aromatic rings. The molecule has 0 aliphatic carbocycles. The molecule has 1 unspecified atom stereocenters. The van der Waals surface area contributed by atoms with Gasteiger partial charge >= 0.3 is 0 Å². The maximum Gasteiger partial charge on any atom is 0.174 e. The maximum absolute atomic E-state index is 12.9. The smallest absolute Gasteiger partial charge is 0.174 e. The lowest BCUT2D eigenvalue weighted by molar-refractivity contribution is 0.0843. The van der Waals surface area contributed by atoms with Crippen molar-refractivity contribution in [3.63, 3.8) is 0 Å². The minimum absolute atomic E-state index is 0.0212. The molecule has 7 heteroatoms. The number of benzene rings is 2. The third-order valence-electron chi connectivity index (χ3n) is 5.73. The SMILES string of the molecule is C=C(CCC=C(C)C)C(O)Cc1c(O)cc2c(c1O)C(=O)C[C@@H](c1ccc(O)c(OC)c1)O2. The van der Waals surface area contributed by atoms with Crippen molar-refractivity contribution in [2.75, 3.05) is 7.11 Å². The van der Waals surface area contributed by atoms with Crippen LogP contribution < -0.4 is 9.47 Å². The van der Waals surface area contributed by atoms with E-state index in [9.17, 15) is 25.2 Å². The summed E-state index contributed by atoms with van der Waals surface area (Å²) in [5, 5.41) is 41.6. The Bertz CT molecular complexity index is 1100. The monoisotopic (exact) mass is 454 g/mol. The number of aliphatic hydroxyl groups is 1. The molecule has 0 bridgehead atoms. The van der Waals surface area contributed by atoms with Gasteiger partial charge in [-0.1, -0.05) is 24.3 Å². The number of ether oxygens (including phenoxy) is 2. The lowest BCUT2D eigenvalue weighted by Crippen LogP contribution is -2.21. The van der Waals surface area contributed by atoms with Crippen LogP contribution in [-0.2, 0) is 6.42 Å². The van der Waals surface area contributed by atoms with E-state index in [1.54, 1.807) is 12.1 Å². The van der Waals surface area contributed by atoms with Crippen molar-refractivity contribution < 1.29 is 34.7 Å². The number of allylic oxidation sites excluding steroid dienone is 2. The van der Waals surface area contributed by atoms with Crippen molar-refractivity contribution in [3.8, 4) is 28.7 Å². The number of fused-ring (bicyclic) bond motifs is 1. The number of hydrogen-bond acceptors (Lipinski definition) is 7. The van der Waals surface area contributed by atoms with Crippen LogP contribution in [0, 0.1) is 0 Å². The van der Waals surface area contributed by atoms with Crippen molar-refractivity contribution in [1.82, 2.24) is 0 Å². The van der Waals surface area contributed by atoms with Crippen LogP contribution in [0.1, 0.15) is 60.7 Å². The van der Waals surface area contributed by atoms with E-state index in [0.717, 1.165) is 6.42 Å². The van der Waals surface area contributed by atoms with Crippen molar-refractivity contribution in [2.24, 2.45) is 0 Å². The van der Waals surface area contributed by atoms with Gasteiger partial charge in [0.05, 0.1) is 19.6 Å². The minimum Gasteiger partial charge on any atom is -0.507 e. The molecule has 0 aromatic heterocycles. The Hall–Kier alpha value is -3.45. The minimum atomic E-state index is -0.984. The Labute approximate surface area is 193 Å². The highest BCUT2D eigenvalue weighted by Crippen LogP contribution is 2.45. The Kier molecular flexibility index (Phi) is 7.33. The number of Topliss-reactive ketones (excluding diaryl/α,β-unsaturated/α-hetero) is 1. The standard InChI is InChI=1S/C26H30O7/c1-14(2)6-5-7-15(3)19(28)11-17-20(29)12-24-25(26(17)31)21(30)13-22(33-24)16-8-9-18(27)23(10-16)32-4/h6,8-10,12,19,22,27-29,31H,3,5,7,11,13H2,1-2,4H3/t19?,22-/m0/s1. The second kappa shape index (κ2) is 10.0. The van der Waals surface area contributed by atoms with Crippen LogP contribution in [0.4, 0.5) is 0 Å². The van der Waals surface area contributed by atoms with E-state index < -0.39 is 18.0 Å². The number of phenolic OH excluding ortho intramolecular Hbond substituents is 3. The zero-order valence-corrected chi connectivity index (χ0v) is 19.1. The average Bonchev–Trinajstić information content (AvgIpc) is 2.75. The van der Waals surface area contributed by atoms with Crippen LogP contribution in [0.15, 0.2) is 48.1 Å². The molecule has 0 spiro atoms. The lowest BCUT2D eigenvalue weighted by Gasteiger charge is -2.28. The van der Waals surface area contributed by atoms with Gasteiger partial charge in [0.2, 0.25) is 0 Å². The summed E-state index contributed by atoms with van der Waals surface area (Å²) in [6, 6.07) is 5.92. The Morgan fingerprint density at radius 3 is 2.64 bits per heavy atom. The van der Waals surface area contributed by atoms with E-state index in [2.05, 4.69) is 6.58 Å². The van der Waals surface area contributed by atoms with E-state index in [4.69, 9.17) is 9.47 Å². The Balaban J connectivity index is 1.83. The van der Waals surface area contributed by atoms with Gasteiger partial charge in [0.1, 0.15) is 28.9 Å². The first-order valence-corrected chi connectivity index (χ1v) is 10.8. The Morgan fingerprint density at radius 2 is 1.97 bits per heavy atom. The summed E-state index contributed by atoms with van der Waals surface area (Å²) in [7, 11) is 1.42. The number of aromatic hydroxyl groups is 3. The number of carbonyl (C=O) groups excluding carboxylic acids is 1. The topological polar surface area (TPSA) is 116 Å². The van der Waals surface area contributed by atoms with Crippen molar-refractivity contribution in [3.05, 3.63) is 64.8 Å². The fourth-order valence-electron chi connectivity index (χ4n) is 3.83. The summed E-state index contributed by atoms with van der Waals surface area (Å²) in [5.74, 6) is -0.770. The van der Waals surface area contributed by atoms with E-state index in [-0.39, 0.29) is 52.7 Å². The van der Waals surface area contributed by atoms with Crippen LogP contribution in [0.2, 0.25) is 0 Å². The van der Waals surface area contributed by atoms with Gasteiger partial charge in [0.25, 0.3) is 0 Å². The summed E-state index contributed by atoms with van der Waals surface area (Å²) >= 11 is 0. The highest BCUT2D eigenvalue weighted by atomic mass is 16.5. The number of methoxy groups -OCH3 is 1. The molecule has 2 aromatic carbocycles. The predicted octanol–water partition coefficient (Wildman–Crippen LogP) is 4.72. The fourth-order valence-corrected chi connectivity index (χ4v) is 3.83. The van der Waals surface area contributed by atoms with Crippen LogP contribution >= 0.6 is 0 Å². The number of ketones is 1. The normalized spacial score (nSPS) is 15.9. The zero-order valence-electron chi connectivity index (χ0n) is 19.1. The van der Waals surface area contributed by atoms with E-state index >= 15 is 0 Å². The fraction of sp³-hybridized carbons (Fsp3) is 0.346. The number of carbonyl (C=O) groups is 1. The summed E-state index contributed by atoms with van der Waals surface area (Å²) < 4.78 is 11.0.